The van der Waals surface area contributed by atoms with Gasteiger partial charge in [-0.15, -0.1) is 0 Å². The topological polar surface area (TPSA) is 15.3 Å². The molecule has 0 saturated carbocycles. The molecule has 1 heterocycles. The van der Waals surface area contributed by atoms with Crippen LogP contribution in [0.25, 0.3) is 0 Å². The molecule has 2 nitrogen and oxygen atoms in total. The van der Waals surface area contributed by atoms with Crippen molar-refractivity contribution in [3.05, 3.63) is 34.3 Å². The second-order valence-electron chi connectivity index (χ2n) is 4.80. The average Bonchev–Trinajstić information content (AvgIpc) is 2.38. The molecule has 1 aromatic rings. The lowest BCUT2D eigenvalue weighted by Gasteiger charge is -2.31. The summed E-state index contributed by atoms with van der Waals surface area (Å²) in [6, 6.07) is 9.29. The van der Waals surface area contributed by atoms with Crippen LogP contribution in [0.15, 0.2) is 28.7 Å². The summed E-state index contributed by atoms with van der Waals surface area (Å²) in [6.07, 6.45) is 3.70. The number of nitrogens with zero attached hydrogens (tertiary/aromatic N) is 1. The summed E-state index contributed by atoms with van der Waals surface area (Å²) in [5, 5.41) is 3.42. The molecule has 1 aliphatic heterocycles. The van der Waals surface area contributed by atoms with E-state index in [2.05, 4.69) is 57.5 Å². The predicted molar refractivity (Wildman–Crippen MR) is 76.4 cm³/mol. The minimum atomic E-state index is 0.763. The Bertz CT molecular complexity index is 348. The molecule has 0 atom stereocenters. The van der Waals surface area contributed by atoms with Crippen LogP contribution in [0.1, 0.15) is 18.4 Å². The molecular weight excluding hydrogens is 276 g/mol. The van der Waals surface area contributed by atoms with Crippen LogP contribution in [0.4, 0.5) is 0 Å². The first-order valence-corrected chi connectivity index (χ1v) is 7.21. The molecule has 1 aliphatic rings. The van der Waals surface area contributed by atoms with Gasteiger partial charge in [0.1, 0.15) is 0 Å². The van der Waals surface area contributed by atoms with E-state index in [0.29, 0.717) is 0 Å². The van der Waals surface area contributed by atoms with Crippen molar-refractivity contribution >= 4 is 15.9 Å². The van der Waals surface area contributed by atoms with Crippen LogP contribution in [0.3, 0.4) is 0 Å². The van der Waals surface area contributed by atoms with Crippen LogP contribution in [0, 0.1) is 0 Å². The third-order valence-corrected chi connectivity index (χ3v) is 4.40. The fraction of sp³-hybridized carbons (Fsp3) is 0.571. The summed E-state index contributed by atoms with van der Waals surface area (Å²) in [5.74, 6) is 0. The Kier molecular flexibility index (Phi) is 5.01. The molecule has 1 N–H and O–H groups in total. The van der Waals surface area contributed by atoms with Crippen LogP contribution in [-0.2, 0) is 6.42 Å². The monoisotopic (exact) mass is 296 g/mol. The molecule has 3 heteroatoms. The second kappa shape index (κ2) is 6.53. The minimum Gasteiger partial charge on any atom is -0.317 e. The van der Waals surface area contributed by atoms with E-state index < -0.39 is 0 Å². The lowest BCUT2D eigenvalue weighted by molar-refractivity contribution is 0.201. The normalized spacial score (nSPS) is 17.6. The molecule has 2 rings (SSSR count). The maximum atomic E-state index is 3.61. The highest BCUT2D eigenvalue weighted by Crippen LogP contribution is 2.17. The smallest absolute Gasteiger partial charge is 0.0207 e. The maximum absolute atomic E-state index is 3.61. The number of benzene rings is 1. The average molecular weight is 297 g/mol. The van der Waals surface area contributed by atoms with Crippen molar-refractivity contribution < 1.29 is 0 Å². The summed E-state index contributed by atoms with van der Waals surface area (Å²) in [7, 11) is 2.26. The third kappa shape index (κ3) is 3.80. The summed E-state index contributed by atoms with van der Waals surface area (Å²) >= 11 is 3.61. The highest BCUT2D eigenvalue weighted by atomic mass is 79.9. The van der Waals surface area contributed by atoms with Gasteiger partial charge in [0, 0.05) is 17.1 Å². The fourth-order valence-corrected chi connectivity index (χ4v) is 2.91. The van der Waals surface area contributed by atoms with Crippen LogP contribution >= 0.6 is 15.9 Å². The number of hydrogen-bond acceptors (Lipinski definition) is 2. The van der Waals surface area contributed by atoms with Gasteiger partial charge < -0.3 is 10.2 Å². The van der Waals surface area contributed by atoms with E-state index >= 15 is 0 Å². The van der Waals surface area contributed by atoms with E-state index in [4.69, 9.17) is 0 Å². The number of piperidine rings is 1. The molecule has 0 bridgehead atoms. The summed E-state index contributed by atoms with van der Waals surface area (Å²) in [5.41, 5.74) is 1.41. The number of halogens is 1. The highest BCUT2D eigenvalue weighted by Gasteiger charge is 2.17. The van der Waals surface area contributed by atoms with Crippen LogP contribution in [-0.4, -0.2) is 37.6 Å². The lowest BCUT2D eigenvalue weighted by atomic mass is 10.0. The molecule has 0 aliphatic carbocycles. The van der Waals surface area contributed by atoms with Gasteiger partial charge in [-0.1, -0.05) is 34.1 Å². The Labute approximate surface area is 113 Å². The first-order chi connectivity index (χ1) is 8.27. The number of likely N-dealkylation sites (N-methyl/N-ethyl adjacent to an activating group) is 1. The molecule has 0 spiro atoms. The minimum absolute atomic E-state index is 0.763. The zero-order chi connectivity index (χ0) is 12.1. The molecular formula is C14H21BrN2. The second-order valence-corrected chi connectivity index (χ2v) is 5.66. The maximum Gasteiger partial charge on any atom is 0.0207 e. The molecule has 0 aromatic heterocycles. The first-order valence-electron chi connectivity index (χ1n) is 6.42. The molecule has 17 heavy (non-hydrogen) atoms. The van der Waals surface area contributed by atoms with Gasteiger partial charge >= 0.3 is 0 Å². The highest BCUT2D eigenvalue weighted by molar-refractivity contribution is 9.10. The van der Waals surface area contributed by atoms with E-state index in [1.165, 1.54) is 36.0 Å². The van der Waals surface area contributed by atoms with Crippen molar-refractivity contribution in [3.63, 3.8) is 0 Å². The van der Waals surface area contributed by atoms with Gasteiger partial charge in [-0.2, -0.15) is 0 Å². The lowest BCUT2D eigenvalue weighted by Crippen LogP contribution is -2.41. The van der Waals surface area contributed by atoms with Gasteiger partial charge in [-0.3, -0.25) is 0 Å². The number of rotatable bonds is 4. The van der Waals surface area contributed by atoms with Gasteiger partial charge in [0.2, 0.25) is 0 Å². The summed E-state index contributed by atoms with van der Waals surface area (Å²) in [4.78, 5) is 2.51. The number of hydrogen-bond donors (Lipinski definition) is 1. The van der Waals surface area contributed by atoms with E-state index in [0.717, 1.165) is 19.0 Å². The molecule has 1 aromatic carbocycles. The van der Waals surface area contributed by atoms with Crippen LogP contribution < -0.4 is 5.32 Å². The van der Waals surface area contributed by atoms with Crippen molar-refractivity contribution in [1.82, 2.24) is 10.2 Å². The van der Waals surface area contributed by atoms with Crippen molar-refractivity contribution in [2.24, 2.45) is 0 Å². The van der Waals surface area contributed by atoms with E-state index in [9.17, 15) is 0 Å². The Morgan fingerprint density at radius 3 is 2.71 bits per heavy atom. The third-order valence-electron chi connectivity index (χ3n) is 3.62. The quantitative estimate of drug-likeness (QED) is 0.919. The largest absolute Gasteiger partial charge is 0.317 e. The Hall–Kier alpha value is -0.380. The van der Waals surface area contributed by atoms with Gasteiger partial charge in [0.05, 0.1) is 0 Å². The first kappa shape index (κ1) is 13.1. The van der Waals surface area contributed by atoms with Gasteiger partial charge in [0.15, 0.2) is 0 Å². The van der Waals surface area contributed by atoms with E-state index in [-0.39, 0.29) is 0 Å². The van der Waals surface area contributed by atoms with Crippen molar-refractivity contribution in [2.75, 3.05) is 26.7 Å². The Morgan fingerprint density at radius 1 is 1.29 bits per heavy atom. The summed E-state index contributed by atoms with van der Waals surface area (Å²) < 4.78 is 1.23. The molecule has 0 amide bonds. The van der Waals surface area contributed by atoms with E-state index in [1.807, 2.05) is 0 Å². The zero-order valence-electron chi connectivity index (χ0n) is 10.5. The standard InChI is InChI=1S/C14H21BrN2/c1-17(13-6-9-16-10-7-13)11-8-12-4-2-3-5-14(12)15/h2-5,13,16H,6-11H2,1H3. The molecule has 1 fully saturated rings. The van der Waals surface area contributed by atoms with Gasteiger partial charge in [-0.05, 0) is 51.0 Å². The van der Waals surface area contributed by atoms with Gasteiger partial charge in [0.25, 0.3) is 0 Å². The Morgan fingerprint density at radius 2 is 2.00 bits per heavy atom. The molecule has 94 valence electrons. The Balaban J connectivity index is 1.83. The molecule has 1 saturated heterocycles. The van der Waals surface area contributed by atoms with Gasteiger partial charge in [-0.25, -0.2) is 0 Å². The molecule has 0 unspecified atom stereocenters. The SMILES string of the molecule is CN(CCc1ccccc1Br)C1CCNCC1. The van der Waals surface area contributed by atoms with Crippen molar-refractivity contribution in [1.29, 1.82) is 0 Å². The zero-order valence-corrected chi connectivity index (χ0v) is 12.0. The predicted octanol–water partition coefficient (Wildman–Crippen LogP) is 2.68. The van der Waals surface area contributed by atoms with Crippen LogP contribution in [0.2, 0.25) is 0 Å². The number of nitrogens with one attached hydrogen (secondary N) is 1. The summed E-state index contributed by atoms with van der Waals surface area (Å²) in [6.45, 7) is 3.49. The van der Waals surface area contributed by atoms with Crippen molar-refractivity contribution in [3.8, 4) is 0 Å². The van der Waals surface area contributed by atoms with Crippen molar-refractivity contribution in [2.45, 2.75) is 25.3 Å². The van der Waals surface area contributed by atoms with Crippen LogP contribution in [0.5, 0.6) is 0 Å². The van der Waals surface area contributed by atoms with E-state index in [1.54, 1.807) is 0 Å². The fourth-order valence-electron chi connectivity index (χ4n) is 2.43. The molecule has 0 radical (unpaired) electrons.